The van der Waals surface area contributed by atoms with Crippen LogP contribution in [0.4, 0.5) is 0 Å². The van der Waals surface area contributed by atoms with E-state index in [1.807, 2.05) is 13.8 Å². The first kappa shape index (κ1) is 15.6. The van der Waals surface area contributed by atoms with E-state index in [2.05, 4.69) is 20.9 Å². The number of carbonyl (C=O) groups is 2. The third-order valence-electron chi connectivity index (χ3n) is 2.42. The van der Waals surface area contributed by atoms with Gasteiger partial charge in [0.25, 0.3) is 5.91 Å². The molecule has 0 saturated heterocycles. The second-order valence-corrected chi connectivity index (χ2v) is 5.60. The summed E-state index contributed by atoms with van der Waals surface area (Å²) in [6, 6.07) is 1.68. The normalized spacial score (nSPS) is 10.5. The summed E-state index contributed by atoms with van der Waals surface area (Å²) < 4.78 is 0.723. The number of carbonyl (C=O) groups excluding carboxylic acids is 1. The van der Waals surface area contributed by atoms with Crippen LogP contribution in [-0.4, -0.2) is 40.0 Å². The minimum atomic E-state index is -0.908. The molecule has 0 aromatic carbocycles. The zero-order chi connectivity index (χ0) is 14.4. The zero-order valence-electron chi connectivity index (χ0n) is 11.0. The monoisotopic (exact) mass is 328 g/mol. The van der Waals surface area contributed by atoms with Crippen LogP contribution in [0.1, 0.15) is 30.6 Å². The molecule has 0 aliphatic heterocycles. The predicted molar refractivity (Wildman–Crippen MR) is 74.9 cm³/mol. The third kappa shape index (κ3) is 5.38. The SMILES string of the molecule is CC(C)CN(CCC(=O)O)C(=O)c1cncc(Br)c1. The quantitative estimate of drug-likeness (QED) is 0.870. The molecular weight excluding hydrogens is 312 g/mol. The van der Waals surface area contributed by atoms with Gasteiger partial charge in [-0.15, -0.1) is 0 Å². The maximum Gasteiger partial charge on any atom is 0.305 e. The van der Waals surface area contributed by atoms with Crippen LogP contribution in [0.25, 0.3) is 0 Å². The molecular formula is C13H17BrN2O3. The van der Waals surface area contributed by atoms with E-state index in [0.717, 1.165) is 4.47 Å². The Morgan fingerprint density at radius 2 is 2.11 bits per heavy atom. The fourth-order valence-electron chi connectivity index (χ4n) is 1.66. The van der Waals surface area contributed by atoms with Crippen LogP contribution >= 0.6 is 15.9 Å². The van der Waals surface area contributed by atoms with Crippen LogP contribution in [0.3, 0.4) is 0 Å². The van der Waals surface area contributed by atoms with Crippen LogP contribution in [0.5, 0.6) is 0 Å². The van der Waals surface area contributed by atoms with E-state index in [1.165, 1.54) is 6.20 Å². The summed E-state index contributed by atoms with van der Waals surface area (Å²) in [7, 11) is 0. The van der Waals surface area contributed by atoms with E-state index in [4.69, 9.17) is 5.11 Å². The van der Waals surface area contributed by atoms with E-state index < -0.39 is 5.97 Å². The van der Waals surface area contributed by atoms with Crippen molar-refractivity contribution >= 4 is 27.8 Å². The Morgan fingerprint density at radius 3 is 2.63 bits per heavy atom. The second-order valence-electron chi connectivity index (χ2n) is 4.68. The average molecular weight is 329 g/mol. The zero-order valence-corrected chi connectivity index (χ0v) is 12.6. The number of pyridine rings is 1. The number of aromatic nitrogens is 1. The molecule has 104 valence electrons. The number of aliphatic carboxylic acids is 1. The third-order valence-corrected chi connectivity index (χ3v) is 2.85. The molecule has 1 heterocycles. The maximum absolute atomic E-state index is 12.3. The van der Waals surface area contributed by atoms with Crippen LogP contribution in [0.15, 0.2) is 22.9 Å². The lowest BCUT2D eigenvalue weighted by atomic mass is 10.1. The Morgan fingerprint density at radius 1 is 1.42 bits per heavy atom. The van der Waals surface area contributed by atoms with E-state index in [9.17, 15) is 9.59 Å². The standard InChI is InChI=1S/C13H17BrN2O3/c1-9(2)8-16(4-3-12(17)18)13(19)10-5-11(14)7-15-6-10/h5-7,9H,3-4,8H2,1-2H3,(H,17,18). The van der Waals surface area contributed by atoms with Crippen molar-refractivity contribution in [1.29, 1.82) is 0 Å². The molecule has 0 atom stereocenters. The summed E-state index contributed by atoms with van der Waals surface area (Å²) in [4.78, 5) is 28.5. The first-order chi connectivity index (χ1) is 8.90. The van der Waals surface area contributed by atoms with Crippen LogP contribution in [0, 0.1) is 5.92 Å². The van der Waals surface area contributed by atoms with Crippen molar-refractivity contribution in [3.8, 4) is 0 Å². The smallest absolute Gasteiger partial charge is 0.305 e. The Balaban J connectivity index is 2.83. The van der Waals surface area contributed by atoms with E-state index in [-0.39, 0.29) is 24.8 Å². The highest BCUT2D eigenvalue weighted by molar-refractivity contribution is 9.10. The van der Waals surface area contributed by atoms with Crippen molar-refractivity contribution in [3.05, 3.63) is 28.5 Å². The number of halogens is 1. The molecule has 6 heteroatoms. The molecule has 0 radical (unpaired) electrons. The van der Waals surface area contributed by atoms with Gasteiger partial charge in [-0.05, 0) is 27.9 Å². The number of rotatable bonds is 6. The molecule has 0 aliphatic rings. The van der Waals surface area contributed by atoms with Gasteiger partial charge in [0, 0.05) is 30.0 Å². The van der Waals surface area contributed by atoms with Crippen LogP contribution in [0.2, 0.25) is 0 Å². The highest BCUT2D eigenvalue weighted by atomic mass is 79.9. The van der Waals surface area contributed by atoms with Crippen molar-refractivity contribution in [2.45, 2.75) is 20.3 Å². The van der Waals surface area contributed by atoms with E-state index in [0.29, 0.717) is 12.1 Å². The van der Waals surface area contributed by atoms with Crippen molar-refractivity contribution in [2.75, 3.05) is 13.1 Å². The molecule has 1 aromatic heterocycles. The van der Waals surface area contributed by atoms with Crippen LogP contribution in [-0.2, 0) is 4.79 Å². The molecule has 19 heavy (non-hydrogen) atoms. The van der Waals surface area contributed by atoms with E-state index in [1.54, 1.807) is 17.2 Å². The summed E-state index contributed by atoms with van der Waals surface area (Å²) in [6.45, 7) is 4.71. The summed E-state index contributed by atoms with van der Waals surface area (Å²) in [5.74, 6) is -0.824. The molecule has 0 spiro atoms. The molecule has 0 fully saturated rings. The highest BCUT2D eigenvalue weighted by Gasteiger charge is 2.18. The minimum absolute atomic E-state index is 0.0557. The Kier molecular flexibility index (Phi) is 5.95. The molecule has 5 nitrogen and oxygen atoms in total. The highest BCUT2D eigenvalue weighted by Crippen LogP contribution is 2.13. The molecule has 1 rings (SSSR count). The van der Waals surface area contributed by atoms with Gasteiger partial charge >= 0.3 is 5.97 Å². The van der Waals surface area contributed by atoms with Gasteiger partial charge in [0.05, 0.1) is 12.0 Å². The fourth-order valence-corrected chi connectivity index (χ4v) is 2.02. The van der Waals surface area contributed by atoms with Crippen LogP contribution < -0.4 is 0 Å². The number of nitrogens with zero attached hydrogens (tertiary/aromatic N) is 2. The first-order valence-electron chi connectivity index (χ1n) is 6.01. The molecule has 0 bridgehead atoms. The van der Waals surface area contributed by atoms with Crippen molar-refractivity contribution < 1.29 is 14.7 Å². The lowest BCUT2D eigenvalue weighted by Gasteiger charge is -2.24. The Bertz CT molecular complexity index is 463. The second kappa shape index (κ2) is 7.23. The summed E-state index contributed by atoms with van der Waals surface area (Å²) >= 11 is 3.27. The van der Waals surface area contributed by atoms with Gasteiger partial charge in [-0.2, -0.15) is 0 Å². The molecule has 1 amide bonds. The number of hydrogen-bond donors (Lipinski definition) is 1. The molecule has 1 N–H and O–H groups in total. The molecule has 1 aromatic rings. The van der Waals surface area contributed by atoms with Gasteiger partial charge in [0.1, 0.15) is 0 Å². The summed E-state index contributed by atoms with van der Waals surface area (Å²) in [6.07, 6.45) is 3.03. The number of carboxylic acids is 1. The topological polar surface area (TPSA) is 70.5 Å². The molecule has 0 aliphatic carbocycles. The predicted octanol–water partition coefficient (Wildman–Crippen LogP) is 2.42. The van der Waals surface area contributed by atoms with Crippen molar-refractivity contribution in [1.82, 2.24) is 9.88 Å². The fraction of sp³-hybridized carbons (Fsp3) is 0.462. The molecule has 0 saturated carbocycles. The summed E-state index contributed by atoms with van der Waals surface area (Å²) in [5, 5.41) is 8.74. The van der Waals surface area contributed by atoms with Gasteiger partial charge < -0.3 is 10.0 Å². The van der Waals surface area contributed by atoms with Crippen molar-refractivity contribution in [3.63, 3.8) is 0 Å². The lowest BCUT2D eigenvalue weighted by Crippen LogP contribution is -2.36. The van der Waals surface area contributed by atoms with Crippen molar-refractivity contribution in [2.24, 2.45) is 5.92 Å². The first-order valence-corrected chi connectivity index (χ1v) is 6.81. The van der Waals surface area contributed by atoms with Gasteiger partial charge in [0.15, 0.2) is 0 Å². The van der Waals surface area contributed by atoms with Gasteiger partial charge in [-0.25, -0.2) is 0 Å². The lowest BCUT2D eigenvalue weighted by molar-refractivity contribution is -0.137. The largest absolute Gasteiger partial charge is 0.481 e. The maximum atomic E-state index is 12.3. The number of amides is 1. The van der Waals surface area contributed by atoms with Gasteiger partial charge in [-0.1, -0.05) is 13.8 Å². The Labute approximate surface area is 120 Å². The number of carboxylic acid groups (broad SMARTS) is 1. The number of hydrogen-bond acceptors (Lipinski definition) is 3. The summed E-state index contributed by atoms with van der Waals surface area (Å²) in [5.41, 5.74) is 0.459. The average Bonchev–Trinajstić information content (AvgIpc) is 2.33. The Hall–Kier alpha value is -1.43. The minimum Gasteiger partial charge on any atom is -0.481 e. The molecule has 0 unspecified atom stereocenters. The van der Waals surface area contributed by atoms with Gasteiger partial charge in [-0.3, -0.25) is 14.6 Å². The van der Waals surface area contributed by atoms with E-state index >= 15 is 0 Å². The van der Waals surface area contributed by atoms with Gasteiger partial charge in [0.2, 0.25) is 0 Å².